The molecule has 0 aromatic heterocycles. The molecular weight excluding hydrogens is 494 g/mol. The van der Waals surface area contributed by atoms with E-state index in [1.165, 1.54) is 19.2 Å². The fourth-order valence-corrected chi connectivity index (χ4v) is 4.17. The van der Waals surface area contributed by atoms with Gasteiger partial charge in [-0.05, 0) is 39.0 Å². The lowest BCUT2D eigenvalue weighted by molar-refractivity contribution is -0.384. The molecule has 0 saturated heterocycles. The predicted octanol–water partition coefficient (Wildman–Crippen LogP) is 6.10. The molecule has 1 N–H and O–H groups in total. The normalized spacial score (nSPS) is 13.8. The highest BCUT2D eigenvalue weighted by molar-refractivity contribution is 9.10. The molecule has 1 unspecified atom stereocenters. The van der Waals surface area contributed by atoms with E-state index in [9.17, 15) is 14.7 Å². The van der Waals surface area contributed by atoms with E-state index in [1.807, 2.05) is 26.8 Å². The van der Waals surface area contributed by atoms with Crippen LogP contribution in [0.3, 0.4) is 0 Å². The summed E-state index contributed by atoms with van der Waals surface area (Å²) in [6.07, 6.45) is 1.86. The Morgan fingerprint density at radius 1 is 1.37 bits per heavy atom. The minimum atomic E-state index is -1.42. The van der Waals surface area contributed by atoms with Crippen LogP contribution in [-0.4, -0.2) is 27.5 Å². The minimum Gasteiger partial charge on any atom is -0.591 e. The van der Waals surface area contributed by atoms with Crippen molar-refractivity contribution in [3.05, 3.63) is 61.6 Å². The number of halogens is 2. The minimum absolute atomic E-state index is 0.0980. The molecule has 162 valence electrons. The first-order valence-corrected chi connectivity index (χ1v) is 11.3. The van der Waals surface area contributed by atoms with Crippen molar-refractivity contribution in [2.75, 3.05) is 12.4 Å². The SMILES string of the molecule is COc1ccc([N+](=O)[O-])c(N[C@H](CC=N[S+]([O-])C(C)(C)C)c2c(Cl)cccc2Br)c1. The van der Waals surface area contributed by atoms with Crippen LogP contribution in [0.1, 0.15) is 38.8 Å². The summed E-state index contributed by atoms with van der Waals surface area (Å²) in [5, 5.41) is 15.2. The van der Waals surface area contributed by atoms with E-state index < -0.39 is 27.1 Å². The molecule has 0 spiro atoms. The van der Waals surface area contributed by atoms with Crippen molar-refractivity contribution in [1.82, 2.24) is 0 Å². The second-order valence-corrected chi connectivity index (χ2v) is 10.6. The van der Waals surface area contributed by atoms with Gasteiger partial charge in [-0.15, -0.1) is 0 Å². The van der Waals surface area contributed by atoms with Gasteiger partial charge in [0, 0.05) is 33.6 Å². The van der Waals surface area contributed by atoms with E-state index >= 15 is 0 Å². The predicted molar refractivity (Wildman–Crippen MR) is 126 cm³/mol. The van der Waals surface area contributed by atoms with E-state index in [2.05, 4.69) is 25.6 Å². The summed E-state index contributed by atoms with van der Waals surface area (Å²) in [4.78, 5) is 11.0. The van der Waals surface area contributed by atoms with E-state index in [4.69, 9.17) is 16.3 Å². The van der Waals surface area contributed by atoms with Crippen molar-refractivity contribution in [3.8, 4) is 5.75 Å². The van der Waals surface area contributed by atoms with Gasteiger partial charge in [-0.3, -0.25) is 10.1 Å². The third-order valence-corrected chi connectivity index (χ3v) is 6.52. The second-order valence-electron chi connectivity index (χ2n) is 7.36. The number of nitrogens with one attached hydrogen (secondary N) is 1. The number of anilines is 1. The lowest BCUT2D eigenvalue weighted by Crippen LogP contribution is -2.26. The summed E-state index contributed by atoms with van der Waals surface area (Å²) in [5.41, 5.74) is 0.893. The Labute approximate surface area is 192 Å². The Hall–Kier alpha value is -1.81. The Morgan fingerprint density at radius 2 is 2.07 bits per heavy atom. The molecular formula is C20H23BrClN3O4S. The average molecular weight is 517 g/mol. The van der Waals surface area contributed by atoms with Crippen LogP contribution in [0.2, 0.25) is 5.02 Å². The summed E-state index contributed by atoms with van der Waals surface area (Å²) < 4.78 is 21.9. The van der Waals surface area contributed by atoms with Gasteiger partial charge in [0.1, 0.15) is 27.5 Å². The zero-order valence-corrected chi connectivity index (χ0v) is 20.2. The maximum Gasteiger partial charge on any atom is 0.292 e. The third kappa shape index (κ3) is 6.34. The number of rotatable bonds is 8. The number of benzene rings is 2. The summed E-state index contributed by atoms with van der Waals surface area (Å²) >= 11 is 8.52. The van der Waals surface area contributed by atoms with Crippen molar-refractivity contribution >= 4 is 56.5 Å². The van der Waals surface area contributed by atoms with Crippen LogP contribution in [0.5, 0.6) is 5.75 Å². The average Bonchev–Trinajstić information content (AvgIpc) is 2.66. The Bertz CT molecular complexity index is 917. The van der Waals surface area contributed by atoms with Crippen LogP contribution >= 0.6 is 27.5 Å². The van der Waals surface area contributed by atoms with Crippen LogP contribution in [0, 0.1) is 10.1 Å². The molecule has 0 amide bonds. The Kier molecular flexibility index (Phi) is 8.54. The van der Waals surface area contributed by atoms with Crippen molar-refractivity contribution in [3.63, 3.8) is 0 Å². The summed E-state index contributed by atoms with van der Waals surface area (Å²) in [6.45, 7) is 5.50. The second kappa shape index (κ2) is 10.5. The number of methoxy groups -OCH3 is 1. The van der Waals surface area contributed by atoms with E-state index in [0.717, 1.165) is 4.47 Å². The molecule has 0 saturated carbocycles. The number of nitro benzene ring substituents is 1. The molecule has 0 fully saturated rings. The van der Waals surface area contributed by atoms with Crippen molar-refractivity contribution in [1.29, 1.82) is 0 Å². The number of hydrogen-bond donors (Lipinski definition) is 1. The van der Waals surface area contributed by atoms with E-state index in [1.54, 1.807) is 24.4 Å². The molecule has 2 rings (SSSR count). The molecule has 30 heavy (non-hydrogen) atoms. The highest BCUT2D eigenvalue weighted by Gasteiger charge is 2.27. The van der Waals surface area contributed by atoms with Crippen molar-refractivity contribution < 1.29 is 14.2 Å². The van der Waals surface area contributed by atoms with Gasteiger partial charge in [-0.1, -0.05) is 38.0 Å². The molecule has 0 heterocycles. The zero-order chi connectivity index (χ0) is 22.5. The molecule has 0 radical (unpaired) electrons. The number of nitrogens with zero attached hydrogens (tertiary/aromatic N) is 2. The van der Waals surface area contributed by atoms with Gasteiger partial charge in [0.15, 0.2) is 0 Å². The first-order chi connectivity index (χ1) is 14.0. The molecule has 10 heteroatoms. The van der Waals surface area contributed by atoms with Gasteiger partial charge in [-0.25, -0.2) is 0 Å². The Morgan fingerprint density at radius 3 is 2.63 bits per heavy atom. The van der Waals surface area contributed by atoms with Crippen LogP contribution in [0.4, 0.5) is 11.4 Å². The van der Waals surface area contributed by atoms with Gasteiger partial charge in [0.2, 0.25) is 0 Å². The lowest BCUT2D eigenvalue weighted by atomic mass is 10.0. The maximum atomic E-state index is 12.3. The standard InChI is InChI=1S/C20H23BrClN3O4S/c1-20(2,3)30(28)23-11-10-16(19-14(21)6-5-7-15(19)22)24-17-12-13(29-4)8-9-18(17)25(26)27/h5-9,11-12,16,24H,10H2,1-4H3/t16-,30?/m1/s1. The molecule has 0 aliphatic rings. The Balaban J connectivity index is 2.45. The first kappa shape index (κ1) is 24.5. The highest BCUT2D eigenvalue weighted by atomic mass is 79.9. The fourth-order valence-electron chi connectivity index (χ4n) is 2.57. The van der Waals surface area contributed by atoms with Gasteiger partial charge in [0.25, 0.3) is 5.69 Å². The summed E-state index contributed by atoms with van der Waals surface area (Å²) in [6, 6.07) is 9.35. The quantitative estimate of drug-likeness (QED) is 0.198. The molecule has 2 aromatic rings. The third-order valence-electron chi connectivity index (χ3n) is 4.11. The zero-order valence-electron chi connectivity index (χ0n) is 17.0. The maximum absolute atomic E-state index is 12.3. The van der Waals surface area contributed by atoms with Crippen LogP contribution in [-0.2, 0) is 11.4 Å². The molecule has 2 aromatic carbocycles. The van der Waals surface area contributed by atoms with Crippen LogP contribution in [0.15, 0.2) is 45.3 Å². The van der Waals surface area contributed by atoms with Gasteiger partial charge in [0.05, 0.1) is 24.3 Å². The largest absolute Gasteiger partial charge is 0.591 e. The molecule has 0 aliphatic heterocycles. The molecule has 0 aliphatic carbocycles. The van der Waals surface area contributed by atoms with Gasteiger partial charge in [-0.2, -0.15) is 0 Å². The van der Waals surface area contributed by atoms with E-state index in [-0.39, 0.29) is 11.4 Å². The number of hydrogen-bond acceptors (Lipinski definition) is 6. The van der Waals surface area contributed by atoms with E-state index in [0.29, 0.717) is 22.8 Å². The topological polar surface area (TPSA) is 99.8 Å². The van der Waals surface area contributed by atoms with Crippen LogP contribution < -0.4 is 10.1 Å². The number of ether oxygens (including phenoxy) is 1. The summed E-state index contributed by atoms with van der Waals surface area (Å²) in [5.74, 6) is 0.475. The molecule has 2 atom stereocenters. The first-order valence-electron chi connectivity index (χ1n) is 9.02. The highest BCUT2D eigenvalue weighted by Crippen LogP contribution is 2.37. The molecule has 0 bridgehead atoms. The monoisotopic (exact) mass is 515 g/mol. The van der Waals surface area contributed by atoms with Crippen molar-refractivity contribution in [2.24, 2.45) is 4.40 Å². The van der Waals surface area contributed by atoms with Crippen LogP contribution in [0.25, 0.3) is 0 Å². The van der Waals surface area contributed by atoms with Gasteiger partial charge >= 0.3 is 0 Å². The summed E-state index contributed by atoms with van der Waals surface area (Å²) in [7, 11) is 1.49. The van der Waals surface area contributed by atoms with Crippen molar-refractivity contribution in [2.45, 2.75) is 38.0 Å². The lowest BCUT2D eigenvalue weighted by Gasteiger charge is -2.22. The smallest absolute Gasteiger partial charge is 0.292 e. The number of nitro groups is 1. The van der Waals surface area contributed by atoms with Gasteiger partial charge < -0.3 is 14.6 Å². The fraction of sp³-hybridized carbons (Fsp3) is 0.350. The molecule has 7 nitrogen and oxygen atoms in total.